The first-order valence-corrected chi connectivity index (χ1v) is 6.91. The zero-order valence-electron chi connectivity index (χ0n) is 9.77. The maximum Gasteiger partial charge on any atom is 0.320 e. The van der Waals surface area contributed by atoms with Gasteiger partial charge in [0.05, 0.1) is 0 Å². The van der Waals surface area contributed by atoms with Crippen LogP contribution in [-0.4, -0.2) is 28.6 Å². The lowest BCUT2D eigenvalue weighted by Crippen LogP contribution is -2.37. The molecule has 0 aromatic heterocycles. The van der Waals surface area contributed by atoms with Gasteiger partial charge in [-0.2, -0.15) is 0 Å². The number of hydrogen-bond donors (Lipinski definition) is 1. The van der Waals surface area contributed by atoms with E-state index in [1.807, 2.05) is 0 Å². The summed E-state index contributed by atoms with van der Waals surface area (Å²) in [6.45, 7) is 2.97. The van der Waals surface area contributed by atoms with Crippen LogP contribution in [0.2, 0.25) is 0 Å². The Balaban J connectivity index is 2.16. The first-order chi connectivity index (χ1) is 8.09. The van der Waals surface area contributed by atoms with Crippen LogP contribution in [0.15, 0.2) is 24.3 Å². The van der Waals surface area contributed by atoms with E-state index in [4.69, 9.17) is 0 Å². The number of carbonyl (C=O) groups is 1. The standard InChI is InChI=1S/C13H16INO2/c1-9(10-4-6-11(14)7-5-10)15-8-2-3-12(15)13(16)17/h4-7,9,12H,2-3,8H2,1H3,(H,16,17). The highest BCUT2D eigenvalue weighted by atomic mass is 127. The molecule has 1 aliphatic heterocycles. The Morgan fingerprint density at radius 3 is 2.71 bits per heavy atom. The number of carboxylic acid groups (broad SMARTS) is 1. The lowest BCUT2D eigenvalue weighted by Gasteiger charge is -2.28. The topological polar surface area (TPSA) is 40.5 Å². The van der Waals surface area contributed by atoms with Crippen LogP contribution in [0.5, 0.6) is 0 Å². The van der Waals surface area contributed by atoms with Gasteiger partial charge in [0.2, 0.25) is 0 Å². The van der Waals surface area contributed by atoms with Crippen LogP contribution in [0.3, 0.4) is 0 Å². The molecule has 4 heteroatoms. The molecular weight excluding hydrogens is 329 g/mol. The fraction of sp³-hybridized carbons (Fsp3) is 0.462. The first kappa shape index (κ1) is 12.8. The molecule has 0 amide bonds. The van der Waals surface area contributed by atoms with E-state index in [9.17, 15) is 9.90 Å². The molecule has 0 bridgehead atoms. The van der Waals surface area contributed by atoms with Crippen LogP contribution in [0.4, 0.5) is 0 Å². The third-order valence-electron chi connectivity index (χ3n) is 3.43. The van der Waals surface area contributed by atoms with E-state index in [-0.39, 0.29) is 12.1 Å². The number of benzene rings is 1. The van der Waals surface area contributed by atoms with Crippen LogP contribution >= 0.6 is 22.6 Å². The predicted molar refractivity (Wildman–Crippen MR) is 74.9 cm³/mol. The Hall–Kier alpha value is -0.620. The maximum atomic E-state index is 11.2. The highest BCUT2D eigenvalue weighted by Crippen LogP contribution is 2.29. The van der Waals surface area contributed by atoms with Gasteiger partial charge in [-0.05, 0) is 66.6 Å². The monoisotopic (exact) mass is 345 g/mol. The third kappa shape index (κ3) is 2.80. The first-order valence-electron chi connectivity index (χ1n) is 5.83. The fourth-order valence-electron chi connectivity index (χ4n) is 2.45. The van der Waals surface area contributed by atoms with Crippen molar-refractivity contribution in [3.8, 4) is 0 Å². The van der Waals surface area contributed by atoms with E-state index >= 15 is 0 Å². The number of aliphatic carboxylic acids is 1. The van der Waals surface area contributed by atoms with Crippen molar-refractivity contribution < 1.29 is 9.90 Å². The summed E-state index contributed by atoms with van der Waals surface area (Å²) in [4.78, 5) is 13.2. The molecule has 92 valence electrons. The van der Waals surface area contributed by atoms with Gasteiger partial charge in [-0.25, -0.2) is 0 Å². The second kappa shape index (κ2) is 5.35. The average Bonchev–Trinajstić information content (AvgIpc) is 2.78. The van der Waals surface area contributed by atoms with Crippen molar-refractivity contribution in [3.63, 3.8) is 0 Å². The summed E-state index contributed by atoms with van der Waals surface area (Å²) in [5.41, 5.74) is 1.19. The molecule has 0 saturated carbocycles. The van der Waals surface area contributed by atoms with Gasteiger partial charge in [-0.3, -0.25) is 9.69 Å². The maximum absolute atomic E-state index is 11.2. The predicted octanol–water partition coefficient (Wildman–Crippen LogP) is 2.90. The van der Waals surface area contributed by atoms with E-state index in [1.165, 1.54) is 9.13 Å². The van der Waals surface area contributed by atoms with E-state index in [0.29, 0.717) is 0 Å². The molecule has 1 fully saturated rings. The number of hydrogen-bond acceptors (Lipinski definition) is 2. The molecule has 1 heterocycles. The van der Waals surface area contributed by atoms with Crippen LogP contribution in [0.25, 0.3) is 0 Å². The van der Waals surface area contributed by atoms with Crippen LogP contribution in [-0.2, 0) is 4.79 Å². The zero-order valence-corrected chi connectivity index (χ0v) is 11.9. The molecule has 1 N–H and O–H groups in total. The van der Waals surface area contributed by atoms with Crippen molar-refractivity contribution in [1.29, 1.82) is 0 Å². The summed E-state index contributed by atoms with van der Waals surface area (Å²) in [5, 5.41) is 9.18. The minimum atomic E-state index is -0.695. The highest BCUT2D eigenvalue weighted by molar-refractivity contribution is 14.1. The van der Waals surface area contributed by atoms with Crippen molar-refractivity contribution in [1.82, 2.24) is 4.90 Å². The average molecular weight is 345 g/mol. The number of halogens is 1. The van der Waals surface area contributed by atoms with Gasteiger partial charge in [-0.1, -0.05) is 12.1 Å². The molecule has 1 aliphatic rings. The minimum Gasteiger partial charge on any atom is -0.480 e. The van der Waals surface area contributed by atoms with Gasteiger partial charge < -0.3 is 5.11 Å². The van der Waals surface area contributed by atoms with Gasteiger partial charge in [0.15, 0.2) is 0 Å². The second-order valence-electron chi connectivity index (χ2n) is 4.46. The highest BCUT2D eigenvalue weighted by Gasteiger charge is 2.33. The summed E-state index contributed by atoms with van der Waals surface area (Å²) in [6, 6.07) is 8.17. The van der Waals surface area contributed by atoms with E-state index in [2.05, 4.69) is 58.7 Å². The van der Waals surface area contributed by atoms with Crippen molar-refractivity contribution in [3.05, 3.63) is 33.4 Å². The smallest absolute Gasteiger partial charge is 0.320 e. The molecular formula is C13H16INO2. The van der Waals surface area contributed by atoms with Gasteiger partial charge >= 0.3 is 5.97 Å². The number of likely N-dealkylation sites (tertiary alicyclic amines) is 1. The molecule has 0 radical (unpaired) electrons. The number of nitrogens with zero attached hydrogens (tertiary/aromatic N) is 1. The van der Waals surface area contributed by atoms with Crippen molar-refractivity contribution in [2.24, 2.45) is 0 Å². The molecule has 1 aromatic carbocycles. The molecule has 0 aliphatic carbocycles. The van der Waals surface area contributed by atoms with E-state index < -0.39 is 5.97 Å². The molecule has 2 atom stereocenters. The van der Waals surface area contributed by atoms with Gasteiger partial charge in [0.25, 0.3) is 0 Å². The summed E-state index contributed by atoms with van der Waals surface area (Å²) in [7, 11) is 0. The number of rotatable bonds is 3. The molecule has 2 unspecified atom stereocenters. The molecule has 1 saturated heterocycles. The fourth-order valence-corrected chi connectivity index (χ4v) is 2.81. The van der Waals surface area contributed by atoms with Crippen molar-refractivity contribution in [2.75, 3.05) is 6.54 Å². The normalized spacial score (nSPS) is 22.6. The minimum absolute atomic E-state index is 0.176. The Bertz CT molecular complexity index is 404. The lowest BCUT2D eigenvalue weighted by atomic mass is 10.1. The van der Waals surface area contributed by atoms with E-state index in [0.717, 1.165) is 19.4 Å². The Labute approximate surface area is 115 Å². The molecule has 2 rings (SSSR count). The summed E-state index contributed by atoms with van der Waals surface area (Å²) < 4.78 is 1.20. The molecule has 0 spiro atoms. The molecule has 17 heavy (non-hydrogen) atoms. The SMILES string of the molecule is CC(c1ccc(I)cc1)N1CCCC1C(=O)O. The Morgan fingerprint density at radius 2 is 2.12 bits per heavy atom. The Kier molecular flexibility index (Phi) is 4.04. The second-order valence-corrected chi connectivity index (χ2v) is 5.71. The summed E-state index contributed by atoms with van der Waals surface area (Å²) in [5.74, 6) is -0.695. The van der Waals surface area contributed by atoms with Gasteiger partial charge in [0.1, 0.15) is 6.04 Å². The van der Waals surface area contributed by atoms with Crippen LogP contribution < -0.4 is 0 Å². The van der Waals surface area contributed by atoms with Crippen LogP contribution in [0.1, 0.15) is 31.4 Å². The van der Waals surface area contributed by atoms with E-state index in [1.54, 1.807) is 0 Å². The Morgan fingerprint density at radius 1 is 1.47 bits per heavy atom. The largest absolute Gasteiger partial charge is 0.480 e. The summed E-state index contributed by atoms with van der Waals surface area (Å²) >= 11 is 2.28. The van der Waals surface area contributed by atoms with Crippen molar-refractivity contribution in [2.45, 2.75) is 31.8 Å². The van der Waals surface area contributed by atoms with Crippen molar-refractivity contribution >= 4 is 28.6 Å². The zero-order chi connectivity index (χ0) is 12.4. The lowest BCUT2D eigenvalue weighted by molar-refractivity contribution is -0.142. The third-order valence-corrected chi connectivity index (χ3v) is 4.15. The van der Waals surface area contributed by atoms with Crippen LogP contribution in [0, 0.1) is 3.57 Å². The van der Waals surface area contributed by atoms with Gasteiger partial charge in [-0.15, -0.1) is 0 Å². The molecule has 3 nitrogen and oxygen atoms in total. The molecule has 1 aromatic rings. The van der Waals surface area contributed by atoms with Gasteiger partial charge in [0, 0.05) is 9.61 Å². The number of carboxylic acids is 1. The summed E-state index contributed by atoms with van der Waals surface area (Å²) in [6.07, 6.45) is 1.75. The quantitative estimate of drug-likeness (QED) is 0.857.